The predicted octanol–water partition coefficient (Wildman–Crippen LogP) is 1.58. The standard InChI is InChI=1S/C12H18N2O2/c1-9(2)11-5-4-10(8-14-11)12(15)13-6-7-16-3/h4-5,8-9H,6-7H2,1-3H3,(H,13,15). The number of hydrogen-bond acceptors (Lipinski definition) is 3. The molecule has 1 amide bonds. The fourth-order valence-corrected chi connectivity index (χ4v) is 1.25. The van der Waals surface area contributed by atoms with Crippen molar-refractivity contribution in [3.05, 3.63) is 29.6 Å². The third-order valence-corrected chi connectivity index (χ3v) is 2.23. The Bertz CT molecular complexity index is 333. The topological polar surface area (TPSA) is 51.2 Å². The van der Waals surface area contributed by atoms with Crippen LogP contribution < -0.4 is 5.32 Å². The minimum atomic E-state index is -0.111. The molecule has 0 radical (unpaired) electrons. The molecule has 4 nitrogen and oxygen atoms in total. The fraction of sp³-hybridized carbons (Fsp3) is 0.500. The molecular formula is C12H18N2O2. The molecule has 1 N–H and O–H groups in total. The minimum absolute atomic E-state index is 0.111. The number of nitrogens with zero attached hydrogens (tertiary/aromatic N) is 1. The Kier molecular flexibility index (Phi) is 4.92. The lowest BCUT2D eigenvalue weighted by molar-refractivity contribution is 0.0936. The van der Waals surface area contributed by atoms with Gasteiger partial charge in [0.2, 0.25) is 0 Å². The molecule has 0 saturated carbocycles. The first kappa shape index (κ1) is 12.6. The number of nitrogens with one attached hydrogen (secondary N) is 1. The Morgan fingerprint density at radius 1 is 1.50 bits per heavy atom. The van der Waals surface area contributed by atoms with Crippen LogP contribution in [0.2, 0.25) is 0 Å². The molecule has 0 bridgehead atoms. The van der Waals surface area contributed by atoms with Crippen molar-refractivity contribution in [2.24, 2.45) is 0 Å². The molecule has 4 heteroatoms. The Balaban J connectivity index is 2.56. The average Bonchev–Trinajstić information content (AvgIpc) is 2.29. The molecule has 0 fully saturated rings. The maximum atomic E-state index is 11.6. The number of aromatic nitrogens is 1. The van der Waals surface area contributed by atoms with Gasteiger partial charge in [-0.2, -0.15) is 0 Å². The Morgan fingerprint density at radius 3 is 2.75 bits per heavy atom. The van der Waals surface area contributed by atoms with Crippen LogP contribution in [0.15, 0.2) is 18.3 Å². The van der Waals surface area contributed by atoms with Crippen LogP contribution in [-0.2, 0) is 4.74 Å². The summed E-state index contributed by atoms with van der Waals surface area (Å²) in [5.74, 6) is 0.269. The lowest BCUT2D eigenvalue weighted by Gasteiger charge is -2.06. The van der Waals surface area contributed by atoms with Crippen molar-refractivity contribution >= 4 is 5.91 Å². The SMILES string of the molecule is COCCNC(=O)c1ccc(C(C)C)nc1. The van der Waals surface area contributed by atoms with Gasteiger partial charge >= 0.3 is 0 Å². The van der Waals surface area contributed by atoms with Gasteiger partial charge in [0, 0.05) is 25.5 Å². The molecular weight excluding hydrogens is 204 g/mol. The summed E-state index contributed by atoms with van der Waals surface area (Å²) in [5, 5.41) is 2.74. The Labute approximate surface area is 96.0 Å². The Morgan fingerprint density at radius 2 is 2.25 bits per heavy atom. The second kappa shape index (κ2) is 6.23. The molecule has 16 heavy (non-hydrogen) atoms. The highest BCUT2D eigenvalue weighted by molar-refractivity contribution is 5.93. The lowest BCUT2D eigenvalue weighted by Crippen LogP contribution is -2.27. The molecule has 0 spiro atoms. The van der Waals surface area contributed by atoms with Crippen LogP contribution in [0.3, 0.4) is 0 Å². The van der Waals surface area contributed by atoms with Crippen molar-refractivity contribution in [3.63, 3.8) is 0 Å². The van der Waals surface area contributed by atoms with E-state index in [1.807, 2.05) is 6.07 Å². The summed E-state index contributed by atoms with van der Waals surface area (Å²) in [4.78, 5) is 15.8. The van der Waals surface area contributed by atoms with E-state index in [1.54, 1.807) is 19.4 Å². The van der Waals surface area contributed by atoms with Gasteiger partial charge in [0.25, 0.3) is 5.91 Å². The van der Waals surface area contributed by atoms with Crippen molar-refractivity contribution in [1.82, 2.24) is 10.3 Å². The molecule has 88 valence electrons. The van der Waals surface area contributed by atoms with Crippen LogP contribution in [0, 0.1) is 0 Å². The summed E-state index contributed by atoms with van der Waals surface area (Å²) < 4.78 is 4.85. The van der Waals surface area contributed by atoms with Crippen LogP contribution in [0.5, 0.6) is 0 Å². The second-order valence-corrected chi connectivity index (χ2v) is 3.88. The number of ether oxygens (including phenoxy) is 1. The summed E-state index contributed by atoms with van der Waals surface area (Å²) in [6.07, 6.45) is 1.61. The number of rotatable bonds is 5. The summed E-state index contributed by atoms with van der Waals surface area (Å²) >= 11 is 0. The highest BCUT2D eigenvalue weighted by Gasteiger charge is 2.06. The quantitative estimate of drug-likeness (QED) is 0.769. The van der Waals surface area contributed by atoms with E-state index in [0.717, 1.165) is 5.69 Å². The fourth-order valence-electron chi connectivity index (χ4n) is 1.25. The molecule has 0 unspecified atom stereocenters. The monoisotopic (exact) mass is 222 g/mol. The molecule has 0 aromatic carbocycles. The normalized spacial score (nSPS) is 10.5. The first-order valence-electron chi connectivity index (χ1n) is 5.38. The third kappa shape index (κ3) is 3.62. The number of hydrogen-bond donors (Lipinski definition) is 1. The van der Waals surface area contributed by atoms with Crippen LogP contribution in [0.25, 0.3) is 0 Å². The largest absolute Gasteiger partial charge is 0.383 e. The van der Waals surface area contributed by atoms with E-state index in [-0.39, 0.29) is 5.91 Å². The zero-order valence-electron chi connectivity index (χ0n) is 9.99. The Hall–Kier alpha value is -1.42. The molecule has 1 heterocycles. The van der Waals surface area contributed by atoms with Crippen molar-refractivity contribution < 1.29 is 9.53 Å². The smallest absolute Gasteiger partial charge is 0.252 e. The van der Waals surface area contributed by atoms with Crippen LogP contribution >= 0.6 is 0 Å². The van der Waals surface area contributed by atoms with Gasteiger partial charge in [-0.05, 0) is 18.1 Å². The van der Waals surface area contributed by atoms with Gasteiger partial charge in [-0.15, -0.1) is 0 Å². The molecule has 1 rings (SSSR count). The van der Waals surface area contributed by atoms with Gasteiger partial charge in [0.1, 0.15) is 0 Å². The second-order valence-electron chi connectivity index (χ2n) is 3.88. The highest BCUT2D eigenvalue weighted by atomic mass is 16.5. The molecule has 0 aliphatic heterocycles. The van der Waals surface area contributed by atoms with E-state index in [1.165, 1.54) is 0 Å². The maximum Gasteiger partial charge on any atom is 0.252 e. The van der Waals surface area contributed by atoms with Crippen LogP contribution in [0.1, 0.15) is 35.8 Å². The van der Waals surface area contributed by atoms with E-state index in [9.17, 15) is 4.79 Å². The van der Waals surface area contributed by atoms with Gasteiger partial charge in [-0.25, -0.2) is 0 Å². The predicted molar refractivity (Wildman–Crippen MR) is 62.5 cm³/mol. The van der Waals surface area contributed by atoms with Crippen molar-refractivity contribution in [2.75, 3.05) is 20.3 Å². The summed E-state index contributed by atoms with van der Waals surface area (Å²) in [6, 6.07) is 3.68. The maximum absolute atomic E-state index is 11.6. The van der Waals surface area contributed by atoms with Gasteiger partial charge in [-0.3, -0.25) is 9.78 Å². The number of amides is 1. The lowest BCUT2D eigenvalue weighted by atomic mass is 10.1. The van der Waals surface area contributed by atoms with E-state index in [4.69, 9.17) is 4.74 Å². The molecule has 0 saturated heterocycles. The molecule has 0 aliphatic rings. The molecule has 0 atom stereocenters. The summed E-state index contributed by atoms with van der Waals surface area (Å²) in [7, 11) is 1.60. The molecule has 1 aromatic heterocycles. The van der Waals surface area contributed by atoms with Crippen molar-refractivity contribution in [2.45, 2.75) is 19.8 Å². The van der Waals surface area contributed by atoms with Crippen LogP contribution in [-0.4, -0.2) is 31.2 Å². The van der Waals surface area contributed by atoms with Crippen LogP contribution in [0.4, 0.5) is 0 Å². The first-order valence-corrected chi connectivity index (χ1v) is 5.38. The number of pyridine rings is 1. The zero-order valence-corrected chi connectivity index (χ0v) is 9.99. The average molecular weight is 222 g/mol. The number of carbonyl (C=O) groups is 1. The van der Waals surface area contributed by atoms with E-state index in [2.05, 4.69) is 24.1 Å². The zero-order chi connectivity index (χ0) is 12.0. The summed E-state index contributed by atoms with van der Waals surface area (Å²) in [6.45, 7) is 5.17. The van der Waals surface area contributed by atoms with Crippen molar-refractivity contribution in [3.8, 4) is 0 Å². The number of methoxy groups -OCH3 is 1. The number of carbonyl (C=O) groups excluding carboxylic acids is 1. The van der Waals surface area contributed by atoms with Gasteiger partial charge < -0.3 is 10.1 Å². The van der Waals surface area contributed by atoms with Gasteiger partial charge in [0.15, 0.2) is 0 Å². The van der Waals surface area contributed by atoms with E-state index in [0.29, 0.717) is 24.6 Å². The van der Waals surface area contributed by atoms with Gasteiger partial charge in [-0.1, -0.05) is 13.8 Å². The summed E-state index contributed by atoms with van der Waals surface area (Å²) in [5.41, 5.74) is 1.58. The first-order chi connectivity index (χ1) is 7.65. The van der Waals surface area contributed by atoms with E-state index >= 15 is 0 Å². The van der Waals surface area contributed by atoms with Crippen molar-refractivity contribution in [1.29, 1.82) is 0 Å². The van der Waals surface area contributed by atoms with E-state index < -0.39 is 0 Å². The molecule has 1 aromatic rings. The van der Waals surface area contributed by atoms with Gasteiger partial charge in [0.05, 0.1) is 12.2 Å². The molecule has 0 aliphatic carbocycles. The minimum Gasteiger partial charge on any atom is -0.383 e. The highest BCUT2D eigenvalue weighted by Crippen LogP contribution is 2.11. The third-order valence-electron chi connectivity index (χ3n) is 2.23.